The smallest absolute Gasteiger partial charge is 0.136 e. The summed E-state index contributed by atoms with van der Waals surface area (Å²) in [6.07, 6.45) is 0. The quantitative estimate of drug-likeness (QED) is 0.889. The summed E-state index contributed by atoms with van der Waals surface area (Å²) in [6.45, 7) is 6.40. The first-order valence-corrected chi connectivity index (χ1v) is 6.87. The van der Waals surface area contributed by atoms with E-state index < -0.39 is 5.60 Å². The second-order valence-corrected chi connectivity index (χ2v) is 5.62. The lowest BCUT2D eigenvalue weighted by Gasteiger charge is -2.21. The van der Waals surface area contributed by atoms with Crippen LogP contribution in [0.1, 0.15) is 29.7 Å². The summed E-state index contributed by atoms with van der Waals surface area (Å²) < 4.78 is 7.11. The normalized spacial score (nSPS) is 14.5. The van der Waals surface area contributed by atoms with Crippen LogP contribution in [0.5, 0.6) is 0 Å². The zero-order valence-electron chi connectivity index (χ0n) is 12.2. The van der Waals surface area contributed by atoms with Crippen LogP contribution in [0.2, 0.25) is 5.15 Å². The summed E-state index contributed by atoms with van der Waals surface area (Å²) in [6, 6.07) is 3.63. The molecule has 0 aliphatic rings. The summed E-state index contributed by atoms with van der Waals surface area (Å²) in [5.41, 5.74) is 0.774. The maximum atomic E-state index is 10.4. The lowest BCUT2D eigenvalue weighted by molar-refractivity contribution is 0.0332. The molecule has 6 heteroatoms. The maximum absolute atomic E-state index is 10.4. The van der Waals surface area contributed by atoms with Crippen molar-refractivity contribution in [3.8, 4) is 0 Å². The van der Waals surface area contributed by atoms with Crippen molar-refractivity contribution < 1.29 is 9.52 Å². The van der Waals surface area contributed by atoms with Crippen LogP contribution in [-0.4, -0.2) is 21.4 Å². The molecule has 0 saturated heterocycles. The van der Waals surface area contributed by atoms with Crippen molar-refractivity contribution in [1.29, 1.82) is 0 Å². The van der Waals surface area contributed by atoms with Gasteiger partial charge in [-0.3, -0.25) is 4.68 Å². The van der Waals surface area contributed by atoms with Crippen LogP contribution in [-0.2, 0) is 19.2 Å². The van der Waals surface area contributed by atoms with E-state index in [2.05, 4.69) is 10.4 Å². The fraction of sp³-hybridized carbons (Fsp3) is 0.500. The molecular weight excluding hydrogens is 278 g/mol. The number of rotatable bonds is 5. The molecule has 1 atom stereocenters. The first-order chi connectivity index (χ1) is 9.31. The lowest BCUT2D eigenvalue weighted by Crippen LogP contribution is -2.34. The topological polar surface area (TPSA) is 63.2 Å². The number of halogens is 1. The monoisotopic (exact) mass is 297 g/mol. The predicted octanol–water partition coefficient (Wildman–Crippen LogP) is 2.28. The number of aliphatic hydroxyl groups is 1. The van der Waals surface area contributed by atoms with Crippen LogP contribution in [0, 0.1) is 13.8 Å². The number of nitrogens with zero attached hydrogens (tertiary/aromatic N) is 2. The largest absolute Gasteiger partial charge is 0.463 e. The van der Waals surface area contributed by atoms with Gasteiger partial charge in [0.25, 0.3) is 0 Å². The number of aryl methyl sites for hydroxylation is 3. The Kier molecular flexibility index (Phi) is 4.22. The molecule has 0 aromatic carbocycles. The van der Waals surface area contributed by atoms with Gasteiger partial charge in [0.1, 0.15) is 22.3 Å². The minimum absolute atomic E-state index is 0.366. The highest BCUT2D eigenvalue weighted by Gasteiger charge is 2.26. The van der Waals surface area contributed by atoms with Gasteiger partial charge in [-0.1, -0.05) is 11.6 Å². The van der Waals surface area contributed by atoms with E-state index in [0.29, 0.717) is 24.0 Å². The minimum atomic E-state index is -1.06. The van der Waals surface area contributed by atoms with Crippen molar-refractivity contribution in [1.82, 2.24) is 15.1 Å². The van der Waals surface area contributed by atoms with E-state index in [1.165, 1.54) is 0 Å². The fourth-order valence-electron chi connectivity index (χ4n) is 2.12. The Morgan fingerprint density at radius 1 is 1.45 bits per heavy atom. The Morgan fingerprint density at radius 3 is 2.65 bits per heavy atom. The molecule has 5 nitrogen and oxygen atoms in total. The lowest BCUT2D eigenvalue weighted by atomic mass is 10.0. The van der Waals surface area contributed by atoms with E-state index in [0.717, 1.165) is 17.0 Å². The van der Waals surface area contributed by atoms with E-state index in [1.807, 2.05) is 19.9 Å². The van der Waals surface area contributed by atoms with Gasteiger partial charge >= 0.3 is 0 Å². The summed E-state index contributed by atoms with van der Waals surface area (Å²) in [7, 11) is 1.81. The Morgan fingerprint density at radius 2 is 2.15 bits per heavy atom. The highest BCUT2D eigenvalue weighted by Crippen LogP contribution is 2.23. The van der Waals surface area contributed by atoms with Gasteiger partial charge in [-0.05, 0) is 32.9 Å². The van der Waals surface area contributed by atoms with Gasteiger partial charge < -0.3 is 14.8 Å². The number of hydrogen-bond acceptors (Lipinski definition) is 4. The van der Waals surface area contributed by atoms with Crippen LogP contribution in [0.25, 0.3) is 0 Å². The predicted molar refractivity (Wildman–Crippen MR) is 77.7 cm³/mol. The van der Waals surface area contributed by atoms with Gasteiger partial charge in [-0.15, -0.1) is 0 Å². The highest BCUT2D eigenvalue weighted by molar-refractivity contribution is 6.30. The van der Waals surface area contributed by atoms with E-state index in [4.69, 9.17) is 16.0 Å². The molecule has 0 aliphatic heterocycles. The van der Waals surface area contributed by atoms with Crippen molar-refractivity contribution in [3.63, 3.8) is 0 Å². The van der Waals surface area contributed by atoms with Crippen molar-refractivity contribution >= 4 is 11.6 Å². The third-order valence-corrected chi connectivity index (χ3v) is 3.78. The summed E-state index contributed by atoms with van der Waals surface area (Å²) in [4.78, 5) is 0. The molecule has 2 aromatic rings. The van der Waals surface area contributed by atoms with Crippen molar-refractivity contribution in [2.75, 3.05) is 6.54 Å². The third-order valence-electron chi connectivity index (χ3n) is 3.31. The molecule has 0 radical (unpaired) electrons. The van der Waals surface area contributed by atoms with Crippen LogP contribution < -0.4 is 5.32 Å². The number of aromatic nitrogens is 2. The molecule has 0 saturated carbocycles. The third kappa shape index (κ3) is 3.06. The molecule has 20 heavy (non-hydrogen) atoms. The van der Waals surface area contributed by atoms with Crippen molar-refractivity contribution in [2.45, 2.75) is 32.9 Å². The Balaban J connectivity index is 1.99. The van der Waals surface area contributed by atoms with Gasteiger partial charge in [0.15, 0.2) is 0 Å². The van der Waals surface area contributed by atoms with Gasteiger partial charge in [0.05, 0.1) is 5.69 Å². The highest BCUT2D eigenvalue weighted by atomic mass is 35.5. The average Bonchev–Trinajstić information content (AvgIpc) is 2.89. The minimum Gasteiger partial charge on any atom is -0.463 e. The van der Waals surface area contributed by atoms with E-state index in [1.54, 1.807) is 24.7 Å². The molecule has 0 amide bonds. The number of furan rings is 1. The second-order valence-electron chi connectivity index (χ2n) is 5.27. The average molecular weight is 298 g/mol. The van der Waals surface area contributed by atoms with Gasteiger partial charge in [-0.2, -0.15) is 5.10 Å². The Hall–Kier alpha value is -1.30. The molecule has 2 N–H and O–H groups in total. The van der Waals surface area contributed by atoms with E-state index in [-0.39, 0.29) is 0 Å². The summed E-state index contributed by atoms with van der Waals surface area (Å²) >= 11 is 6.16. The van der Waals surface area contributed by atoms with Gasteiger partial charge in [0.2, 0.25) is 0 Å². The first kappa shape index (κ1) is 15.1. The molecule has 0 spiro atoms. The first-order valence-electron chi connectivity index (χ1n) is 6.49. The SMILES string of the molecule is Cc1ccc(C(C)(O)CNCc2c(C)nn(C)c2Cl)o1. The molecule has 110 valence electrons. The van der Waals surface area contributed by atoms with E-state index in [9.17, 15) is 5.11 Å². The summed E-state index contributed by atoms with van der Waals surface area (Å²) in [5, 5.41) is 18.5. The summed E-state index contributed by atoms with van der Waals surface area (Å²) in [5.74, 6) is 1.34. The maximum Gasteiger partial charge on any atom is 0.136 e. The van der Waals surface area contributed by atoms with Gasteiger partial charge in [0, 0.05) is 25.7 Å². The molecule has 0 bridgehead atoms. The molecule has 2 aromatic heterocycles. The Labute approximate surface area is 123 Å². The van der Waals surface area contributed by atoms with Crippen molar-refractivity contribution in [2.24, 2.45) is 7.05 Å². The number of hydrogen-bond donors (Lipinski definition) is 2. The standard InChI is InChI=1S/C14H20ClN3O2/c1-9-5-6-12(20-9)14(3,19)8-16-7-11-10(2)17-18(4)13(11)15/h5-6,16,19H,7-8H2,1-4H3. The van der Waals surface area contributed by atoms with Crippen LogP contribution in [0.3, 0.4) is 0 Å². The Bertz CT molecular complexity index is 602. The van der Waals surface area contributed by atoms with Crippen LogP contribution >= 0.6 is 11.6 Å². The molecule has 2 rings (SSSR count). The van der Waals surface area contributed by atoms with E-state index >= 15 is 0 Å². The van der Waals surface area contributed by atoms with Crippen molar-refractivity contribution in [3.05, 3.63) is 40.1 Å². The van der Waals surface area contributed by atoms with Crippen LogP contribution in [0.15, 0.2) is 16.5 Å². The zero-order valence-corrected chi connectivity index (χ0v) is 13.0. The molecular formula is C14H20ClN3O2. The number of nitrogens with one attached hydrogen (secondary N) is 1. The molecule has 0 fully saturated rings. The zero-order chi connectivity index (χ0) is 14.9. The van der Waals surface area contributed by atoms with Crippen LogP contribution in [0.4, 0.5) is 0 Å². The molecule has 2 heterocycles. The van der Waals surface area contributed by atoms with Gasteiger partial charge in [-0.25, -0.2) is 0 Å². The second kappa shape index (κ2) is 5.60. The fourth-order valence-corrected chi connectivity index (χ4v) is 2.36. The molecule has 0 aliphatic carbocycles. The molecule has 1 unspecified atom stereocenters.